The molecular formula is C15H13Hf. The number of benzene rings is 2. The van der Waals surface area contributed by atoms with E-state index < -0.39 is 0 Å². The fourth-order valence-electron chi connectivity index (χ4n) is 2.52. The van der Waals surface area contributed by atoms with Crippen molar-refractivity contribution in [1.82, 2.24) is 0 Å². The van der Waals surface area contributed by atoms with Crippen LogP contribution in [0.1, 0.15) is 22.3 Å². The van der Waals surface area contributed by atoms with Gasteiger partial charge in [0, 0.05) is 0 Å². The van der Waals surface area contributed by atoms with Gasteiger partial charge in [0.05, 0.1) is 0 Å². The first-order valence-electron chi connectivity index (χ1n) is 5.61. The molecule has 0 aromatic heterocycles. The van der Waals surface area contributed by atoms with E-state index >= 15 is 0 Å². The number of hydrogen-bond donors (Lipinski definition) is 0. The first-order chi connectivity index (χ1) is 7.66. The zero-order chi connectivity index (χ0) is 11.3. The summed E-state index contributed by atoms with van der Waals surface area (Å²) in [4.78, 5) is 0. The van der Waals surface area contributed by atoms with Crippen LogP contribution in [0.5, 0.6) is 0 Å². The molecule has 0 radical (unpaired) electrons. The van der Waals surface area contributed by atoms with Gasteiger partial charge in [-0.3, -0.25) is 0 Å². The molecule has 0 unspecified atom stereocenters. The minimum absolute atomic E-state index is 1.15. The average Bonchev–Trinajstić information content (AvgIpc) is 2.62. The Morgan fingerprint density at radius 3 is 2.56 bits per heavy atom. The summed E-state index contributed by atoms with van der Waals surface area (Å²) in [6, 6.07) is 11.4. The fraction of sp³-hybridized carbons (Fsp3) is 0.200. The van der Waals surface area contributed by atoms with E-state index in [2.05, 4.69) is 44.2 Å². The summed E-state index contributed by atoms with van der Waals surface area (Å²) in [5.74, 6) is 0. The third-order valence-corrected chi connectivity index (χ3v) is 5.94. The normalized spacial score (nSPS) is 12.3. The van der Waals surface area contributed by atoms with Gasteiger partial charge in [-0.2, -0.15) is 0 Å². The Morgan fingerprint density at radius 2 is 1.75 bits per heavy atom. The van der Waals surface area contributed by atoms with Crippen molar-refractivity contribution in [3.8, 4) is 11.1 Å². The Hall–Kier alpha value is -0.690. The molecule has 0 aliphatic heterocycles. The van der Waals surface area contributed by atoms with E-state index in [0.29, 0.717) is 0 Å². The summed E-state index contributed by atoms with van der Waals surface area (Å²) in [6.45, 7) is 4.41. The quantitative estimate of drug-likeness (QED) is 0.533. The molecule has 16 heavy (non-hydrogen) atoms. The van der Waals surface area contributed by atoms with E-state index in [0.717, 1.165) is 30.8 Å². The molecule has 2 aromatic carbocycles. The van der Waals surface area contributed by atoms with Gasteiger partial charge in [0.2, 0.25) is 0 Å². The van der Waals surface area contributed by atoms with Crippen LogP contribution in [-0.4, -0.2) is 0 Å². The first kappa shape index (κ1) is 10.5. The number of aryl methyl sites for hydroxylation is 2. The maximum atomic E-state index is 2.34. The van der Waals surface area contributed by atoms with Crippen LogP contribution in [0, 0.1) is 13.8 Å². The van der Waals surface area contributed by atoms with Crippen molar-refractivity contribution < 1.29 is 24.4 Å². The summed E-state index contributed by atoms with van der Waals surface area (Å²) in [7, 11) is 0. The summed E-state index contributed by atoms with van der Waals surface area (Å²) in [5.41, 5.74) is 8.88. The summed E-state index contributed by atoms with van der Waals surface area (Å²) < 4.78 is 1.60. The first-order valence-corrected chi connectivity index (χ1v) is 7.40. The molecule has 77 valence electrons. The molecule has 0 spiro atoms. The van der Waals surface area contributed by atoms with Crippen molar-refractivity contribution >= 4 is 3.32 Å². The van der Waals surface area contributed by atoms with Crippen molar-refractivity contribution in [3.05, 3.63) is 52.6 Å². The van der Waals surface area contributed by atoms with E-state index in [4.69, 9.17) is 0 Å². The van der Waals surface area contributed by atoms with E-state index in [1.54, 1.807) is 8.88 Å². The molecule has 0 nitrogen and oxygen atoms in total. The van der Waals surface area contributed by atoms with Crippen molar-refractivity contribution in [3.63, 3.8) is 0 Å². The summed E-state index contributed by atoms with van der Waals surface area (Å²) >= 11 is 1.16. The molecule has 2 aromatic rings. The van der Waals surface area contributed by atoms with Crippen LogP contribution in [0.25, 0.3) is 11.1 Å². The fourth-order valence-corrected chi connectivity index (χ4v) is 3.62. The molecule has 1 heteroatoms. The monoisotopic (exact) mass is 373 g/mol. The molecule has 0 bridgehead atoms. The van der Waals surface area contributed by atoms with Gasteiger partial charge in [-0.05, 0) is 0 Å². The van der Waals surface area contributed by atoms with Crippen LogP contribution in [0.15, 0.2) is 30.3 Å². The molecule has 1 aliphatic carbocycles. The van der Waals surface area contributed by atoms with Crippen molar-refractivity contribution in [1.29, 1.82) is 0 Å². The van der Waals surface area contributed by atoms with Gasteiger partial charge in [0.25, 0.3) is 0 Å². The minimum atomic E-state index is 1.15. The summed E-state index contributed by atoms with van der Waals surface area (Å²) in [6.07, 6.45) is 1.15. The standard InChI is InChI=1S/C15H13.Hf/c1-10-3-5-14-12(7-10)9-13-8-11(2)4-6-15(13)14;/h3-7H,9H2,1-2H3;. The van der Waals surface area contributed by atoms with Crippen LogP contribution in [0.2, 0.25) is 0 Å². The Kier molecular flexibility index (Phi) is 2.40. The van der Waals surface area contributed by atoms with Crippen LogP contribution in [0.3, 0.4) is 0 Å². The van der Waals surface area contributed by atoms with Crippen LogP contribution < -0.4 is 3.32 Å². The molecule has 0 amide bonds. The molecule has 0 fully saturated rings. The molecule has 0 atom stereocenters. The predicted molar refractivity (Wildman–Crippen MR) is 63.8 cm³/mol. The molecule has 1 aliphatic rings. The van der Waals surface area contributed by atoms with Crippen LogP contribution >= 0.6 is 0 Å². The van der Waals surface area contributed by atoms with Gasteiger partial charge in [0.1, 0.15) is 0 Å². The van der Waals surface area contributed by atoms with E-state index in [9.17, 15) is 0 Å². The average molecular weight is 372 g/mol. The molecule has 3 rings (SSSR count). The van der Waals surface area contributed by atoms with Crippen molar-refractivity contribution in [2.45, 2.75) is 20.3 Å². The molecule has 0 saturated carbocycles. The number of fused-ring (bicyclic) bond motifs is 3. The zero-order valence-electron chi connectivity index (χ0n) is 9.59. The molecule has 0 N–H and O–H groups in total. The van der Waals surface area contributed by atoms with Gasteiger partial charge in [0.15, 0.2) is 0 Å². The van der Waals surface area contributed by atoms with E-state index in [-0.39, 0.29) is 0 Å². The SMILES string of the molecule is Cc1ccc2c(c1)Cc1c-2ccc(C)[c]1[Hf]. The van der Waals surface area contributed by atoms with Gasteiger partial charge in [-0.1, -0.05) is 0 Å². The summed E-state index contributed by atoms with van der Waals surface area (Å²) in [5, 5.41) is 0. The third kappa shape index (κ3) is 1.45. The van der Waals surface area contributed by atoms with Gasteiger partial charge < -0.3 is 0 Å². The van der Waals surface area contributed by atoms with Gasteiger partial charge in [-0.15, -0.1) is 0 Å². The molecule has 0 saturated heterocycles. The Bertz CT molecular complexity index is 582. The second-order valence-electron chi connectivity index (χ2n) is 4.62. The van der Waals surface area contributed by atoms with Gasteiger partial charge >= 0.3 is 112 Å². The van der Waals surface area contributed by atoms with E-state index in [1.165, 1.54) is 27.8 Å². The van der Waals surface area contributed by atoms with Crippen molar-refractivity contribution in [2.24, 2.45) is 0 Å². The third-order valence-electron chi connectivity index (χ3n) is 3.44. The Balaban J connectivity index is 2.27. The molecule has 0 heterocycles. The van der Waals surface area contributed by atoms with Gasteiger partial charge in [-0.25, -0.2) is 0 Å². The predicted octanol–water partition coefficient (Wildman–Crippen LogP) is 3.05. The van der Waals surface area contributed by atoms with Crippen LogP contribution in [-0.2, 0) is 30.8 Å². The maximum absolute atomic E-state index is 2.34. The Labute approximate surface area is 111 Å². The molecular weight excluding hydrogens is 359 g/mol. The number of hydrogen-bond acceptors (Lipinski definition) is 0. The second kappa shape index (κ2) is 3.66. The van der Waals surface area contributed by atoms with Crippen LogP contribution in [0.4, 0.5) is 0 Å². The zero-order valence-corrected chi connectivity index (χ0v) is 13.2. The Morgan fingerprint density at radius 1 is 1.00 bits per heavy atom. The van der Waals surface area contributed by atoms with E-state index in [1.807, 2.05) is 0 Å². The topological polar surface area (TPSA) is 0 Å². The van der Waals surface area contributed by atoms with Crippen molar-refractivity contribution in [2.75, 3.05) is 0 Å². The second-order valence-corrected chi connectivity index (χ2v) is 6.42. The number of rotatable bonds is 0.